The minimum Gasteiger partial charge on any atom is -0.481 e. The van der Waals surface area contributed by atoms with E-state index < -0.39 is 35.1 Å². The van der Waals surface area contributed by atoms with Crippen LogP contribution in [-0.2, 0) is 14.3 Å². The van der Waals surface area contributed by atoms with Gasteiger partial charge < -0.3 is 14.7 Å². The maximum atomic E-state index is 13.3. The molecule has 0 radical (unpaired) electrons. The zero-order valence-corrected chi connectivity index (χ0v) is 16.2. The molecule has 8 nitrogen and oxygen atoms in total. The summed E-state index contributed by atoms with van der Waals surface area (Å²) in [6, 6.07) is 5.50. The van der Waals surface area contributed by atoms with Crippen molar-refractivity contribution >= 4 is 23.7 Å². The van der Waals surface area contributed by atoms with Gasteiger partial charge in [0.05, 0.1) is 17.7 Å². The van der Waals surface area contributed by atoms with Gasteiger partial charge in [0.1, 0.15) is 11.5 Å². The maximum Gasteiger partial charge on any atom is 0.313 e. The molecule has 2 heterocycles. The van der Waals surface area contributed by atoms with Crippen LogP contribution in [0.2, 0.25) is 0 Å². The van der Waals surface area contributed by atoms with Crippen molar-refractivity contribution < 1.29 is 29.0 Å². The number of carbonyl (C=O) groups excluding carboxylic acids is 3. The van der Waals surface area contributed by atoms with Crippen LogP contribution in [0.4, 0.5) is 0 Å². The van der Waals surface area contributed by atoms with Gasteiger partial charge in [-0.25, -0.2) is 0 Å². The quantitative estimate of drug-likeness (QED) is 0.736. The predicted octanol–water partition coefficient (Wildman–Crippen LogP) is 1.26. The summed E-state index contributed by atoms with van der Waals surface area (Å²) in [5.74, 6) is -2.74. The molecule has 1 aromatic carbocycles. The number of amides is 3. The van der Waals surface area contributed by atoms with Gasteiger partial charge in [0, 0.05) is 20.2 Å². The Bertz CT molecular complexity index is 801. The van der Waals surface area contributed by atoms with Crippen LogP contribution in [0.1, 0.15) is 41.0 Å². The fourth-order valence-electron chi connectivity index (χ4n) is 4.03. The fraction of sp³-hybridized carbons (Fsp3) is 0.500. The lowest BCUT2D eigenvalue weighted by Gasteiger charge is -2.32. The van der Waals surface area contributed by atoms with E-state index in [2.05, 4.69) is 0 Å². The molecule has 2 aliphatic rings. The van der Waals surface area contributed by atoms with Gasteiger partial charge in [-0.2, -0.15) is 0 Å². The van der Waals surface area contributed by atoms with E-state index in [9.17, 15) is 24.3 Å². The molecular weight excluding hydrogens is 364 g/mol. The van der Waals surface area contributed by atoms with Gasteiger partial charge in [0.2, 0.25) is 5.91 Å². The number of aliphatic carboxylic acids is 1. The van der Waals surface area contributed by atoms with Crippen LogP contribution in [0.3, 0.4) is 0 Å². The Balaban J connectivity index is 1.88. The Hall–Kier alpha value is -2.74. The summed E-state index contributed by atoms with van der Waals surface area (Å²) in [5.41, 5.74) is -0.605. The molecular formula is C20H24N2O6. The maximum absolute atomic E-state index is 13.3. The van der Waals surface area contributed by atoms with Crippen LogP contribution < -0.4 is 0 Å². The monoisotopic (exact) mass is 388 g/mol. The summed E-state index contributed by atoms with van der Waals surface area (Å²) < 4.78 is 5.07. The summed E-state index contributed by atoms with van der Waals surface area (Å²) in [6.07, 6.45) is 0.259. The Kier molecular flexibility index (Phi) is 5.25. The predicted molar refractivity (Wildman–Crippen MR) is 98.7 cm³/mol. The molecule has 3 rings (SSSR count). The van der Waals surface area contributed by atoms with Crippen LogP contribution >= 0.6 is 0 Å². The van der Waals surface area contributed by atoms with Gasteiger partial charge in [-0.3, -0.25) is 24.1 Å². The second-order valence-electron chi connectivity index (χ2n) is 7.74. The number of ether oxygens (including phenoxy) is 1. The van der Waals surface area contributed by atoms with Gasteiger partial charge >= 0.3 is 5.97 Å². The molecule has 3 amide bonds. The molecule has 2 aliphatic heterocycles. The first kappa shape index (κ1) is 20.0. The van der Waals surface area contributed by atoms with E-state index in [1.165, 1.54) is 12.0 Å². The van der Waals surface area contributed by atoms with E-state index in [1.807, 2.05) is 0 Å². The third kappa shape index (κ3) is 3.07. The first-order valence-electron chi connectivity index (χ1n) is 9.21. The number of nitrogens with zero attached hydrogens (tertiary/aromatic N) is 2. The van der Waals surface area contributed by atoms with Crippen molar-refractivity contribution in [1.82, 2.24) is 9.80 Å². The molecule has 0 aromatic heterocycles. The summed E-state index contributed by atoms with van der Waals surface area (Å²) in [5, 5.41) is 9.62. The molecule has 1 fully saturated rings. The second kappa shape index (κ2) is 7.35. The number of imide groups is 1. The third-order valence-electron chi connectivity index (χ3n) is 5.53. The number of methoxy groups -OCH3 is 1. The Morgan fingerprint density at radius 1 is 1.18 bits per heavy atom. The number of hydrogen-bond donors (Lipinski definition) is 1. The average Bonchev–Trinajstić information content (AvgIpc) is 3.19. The molecule has 150 valence electrons. The first-order chi connectivity index (χ1) is 13.2. The van der Waals surface area contributed by atoms with E-state index in [0.29, 0.717) is 0 Å². The second-order valence-corrected chi connectivity index (χ2v) is 7.74. The summed E-state index contributed by atoms with van der Waals surface area (Å²) in [6.45, 7) is 3.75. The van der Waals surface area contributed by atoms with Crippen molar-refractivity contribution in [2.45, 2.75) is 26.3 Å². The Labute approximate surface area is 163 Å². The molecule has 0 aliphatic carbocycles. The molecule has 1 N–H and O–H groups in total. The van der Waals surface area contributed by atoms with Gasteiger partial charge in [-0.15, -0.1) is 0 Å². The zero-order valence-electron chi connectivity index (χ0n) is 16.2. The first-order valence-corrected chi connectivity index (χ1v) is 9.21. The third-order valence-corrected chi connectivity index (χ3v) is 5.53. The largest absolute Gasteiger partial charge is 0.481 e. The van der Waals surface area contributed by atoms with Crippen molar-refractivity contribution in [3.63, 3.8) is 0 Å². The molecule has 1 saturated heterocycles. The van der Waals surface area contributed by atoms with Crippen LogP contribution in [0.25, 0.3) is 0 Å². The van der Waals surface area contributed by atoms with Crippen molar-refractivity contribution in [2.75, 3.05) is 26.8 Å². The Morgan fingerprint density at radius 2 is 1.75 bits per heavy atom. The van der Waals surface area contributed by atoms with Crippen LogP contribution in [0.5, 0.6) is 0 Å². The lowest BCUT2D eigenvalue weighted by Crippen LogP contribution is -2.53. The summed E-state index contributed by atoms with van der Waals surface area (Å²) in [7, 11) is 1.42. The molecule has 2 atom stereocenters. The topological polar surface area (TPSA) is 104 Å². The van der Waals surface area contributed by atoms with E-state index in [4.69, 9.17) is 4.74 Å². The number of hydrogen-bond acceptors (Lipinski definition) is 5. The molecule has 0 saturated carbocycles. The number of rotatable bonds is 6. The SMILES string of the molecule is COCC1(C(=O)O)CCN(C(=O)C(C(C)C)N2C(=O)c3ccccc3C2=O)C1. The van der Waals surface area contributed by atoms with Gasteiger partial charge in [0.15, 0.2) is 0 Å². The van der Waals surface area contributed by atoms with Crippen LogP contribution in [-0.4, -0.2) is 71.4 Å². The number of carboxylic acid groups (broad SMARTS) is 1. The molecule has 0 bridgehead atoms. The molecule has 1 aromatic rings. The van der Waals surface area contributed by atoms with Crippen LogP contribution in [0, 0.1) is 11.3 Å². The smallest absolute Gasteiger partial charge is 0.313 e. The number of likely N-dealkylation sites (tertiary alicyclic amines) is 1. The fourth-order valence-corrected chi connectivity index (χ4v) is 4.03. The summed E-state index contributed by atoms with van der Waals surface area (Å²) >= 11 is 0. The van der Waals surface area contributed by atoms with E-state index in [-0.39, 0.29) is 43.2 Å². The highest BCUT2D eigenvalue weighted by molar-refractivity contribution is 6.22. The molecule has 8 heteroatoms. The molecule has 2 unspecified atom stereocenters. The minimum atomic E-state index is -1.17. The number of benzene rings is 1. The minimum absolute atomic E-state index is 0.00846. The van der Waals surface area contributed by atoms with Gasteiger partial charge in [-0.05, 0) is 24.5 Å². The van der Waals surface area contributed by atoms with E-state index in [0.717, 1.165) is 4.90 Å². The highest BCUT2D eigenvalue weighted by Crippen LogP contribution is 2.34. The van der Waals surface area contributed by atoms with Gasteiger partial charge in [0.25, 0.3) is 11.8 Å². The lowest BCUT2D eigenvalue weighted by atomic mass is 9.88. The number of fused-ring (bicyclic) bond motifs is 1. The standard InChI is InChI=1S/C20H24N2O6/c1-12(2)15(22-16(23)13-6-4-5-7-14(13)17(22)24)18(25)21-9-8-20(10-21,11-28-3)19(26)27/h4-7,12,15H,8-11H2,1-3H3,(H,26,27). The van der Waals surface area contributed by atoms with E-state index >= 15 is 0 Å². The summed E-state index contributed by atoms with van der Waals surface area (Å²) in [4.78, 5) is 53.2. The van der Waals surface area contributed by atoms with Crippen molar-refractivity contribution in [2.24, 2.45) is 11.3 Å². The highest BCUT2D eigenvalue weighted by Gasteiger charge is 2.50. The van der Waals surface area contributed by atoms with Crippen molar-refractivity contribution in [3.8, 4) is 0 Å². The van der Waals surface area contributed by atoms with Crippen molar-refractivity contribution in [1.29, 1.82) is 0 Å². The van der Waals surface area contributed by atoms with Crippen LogP contribution in [0.15, 0.2) is 24.3 Å². The Morgan fingerprint density at radius 3 is 2.21 bits per heavy atom. The van der Waals surface area contributed by atoms with E-state index in [1.54, 1.807) is 38.1 Å². The number of carbonyl (C=O) groups is 4. The molecule has 28 heavy (non-hydrogen) atoms. The zero-order chi connectivity index (χ0) is 20.6. The lowest BCUT2D eigenvalue weighted by molar-refractivity contribution is -0.152. The highest BCUT2D eigenvalue weighted by atomic mass is 16.5. The molecule has 0 spiro atoms. The average molecular weight is 388 g/mol. The van der Waals surface area contributed by atoms with Crippen molar-refractivity contribution in [3.05, 3.63) is 35.4 Å². The van der Waals surface area contributed by atoms with Gasteiger partial charge in [-0.1, -0.05) is 26.0 Å². The number of carboxylic acids is 1. The normalized spacial score (nSPS) is 22.7.